The Hall–Kier alpha value is -4.59. The number of hydrogen-bond donors (Lipinski definition) is 1. The van der Waals surface area contributed by atoms with Crippen LogP contribution in [0.4, 0.5) is 5.82 Å². The van der Waals surface area contributed by atoms with Crippen molar-refractivity contribution < 1.29 is 28.7 Å². The van der Waals surface area contributed by atoms with Crippen LogP contribution in [-0.2, 0) is 9.59 Å². The highest BCUT2D eigenvalue weighted by Gasteiger charge is 2.49. The number of ketones is 1. The number of aliphatic hydroxyl groups excluding tert-OH is 1. The Kier molecular flexibility index (Phi) is 5.49. The number of ether oxygens (including phenoxy) is 2. The molecule has 8 nitrogen and oxygen atoms in total. The zero-order valence-electron chi connectivity index (χ0n) is 19.3. The number of anilines is 1. The maximum atomic E-state index is 13.4. The topological polar surface area (TPSA) is 102 Å². The van der Waals surface area contributed by atoms with Gasteiger partial charge in [0.15, 0.2) is 5.82 Å². The molecule has 5 rings (SSSR count). The SMILES string of the molecule is COc1ccc(OC)c([C@H]2/C(=C(\O)c3ccc4ccccc4c3)C(=O)C(=O)N2c2cc(C)on2)c1. The van der Waals surface area contributed by atoms with Gasteiger partial charge in [0, 0.05) is 17.2 Å². The molecule has 1 saturated heterocycles. The van der Waals surface area contributed by atoms with E-state index in [0.717, 1.165) is 10.8 Å². The summed E-state index contributed by atoms with van der Waals surface area (Å²) in [6.45, 7) is 1.68. The summed E-state index contributed by atoms with van der Waals surface area (Å²) in [5.74, 6) is -0.459. The molecule has 35 heavy (non-hydrogen) atoms. The third-order valence-electron chi connectivity index (χ3n) is 6.06. The molecule has 1 amide bonds. The van der Waals surface area contributed by atoms with Gasteiger partial charge in [0.2, 0.25) is 0 Å². The molecule has 4 aromatic rings. The van der Waals surface area contributed by atoms with E-state index < -0.39 is 17.7 Å². The lowest BCUT2D eigenvalue weighted by Gasteiger charge is -2.24. The van der Waals surface area contributed by atoms with E-state index in [1.807, 2.05) is 30.3 Å². The van der Waals surface area contributed by atoms with Crippen molar-refractivity contribution in [1.29, 1.82) is 0 Å². The predicted octanol–water partition coefficient (Wildman–Crippen LogP) is 4.78. The number of aliphatic hydroxyl groups is 1. The minimum Gasteiger partial charge on any atom is -0.507 e. The number of fused-ring (bicyclic) bond motifs is 1. The molecule has 1 aliphatic rings. The zero-order chi connectivity index (χ0) is 24.7. The van der Waals surface area contributed by atoms with Crippen LogP contribution in [-0.4, -0.2) is 36.2 Å². The van der Waals surface area contributed by atoms with E-state index in [0.29, 0.717) is 28.4 Å². The fourth-order valence-electron chi connectivity index (χ4n) is 4.38. The maximum absolute atomic E-state index is 13.4. The van der Waals surface area contributed by atoms with Gasteiger partial charge in [0.1, 0.15) is 29.1 Å². The molecule has 1 aromatic heterocycles. The summed E-state index contributed by atoms with van der Waals surface area (Å²) in [4.78, 5) is 27.9. The first kappa shape index (κ1) is 22.2. The zero-order valence-corrected chi connectivity index (χ0v) is 19.3. The molecular formula is C27H22N2O6. The van der Waals surface area contributed by atoms with Gasteiger partial charge in [0.25, 0.3) is 5.78 Å². The molecular weight excluding hydrogens is 448 g/mol. The predicted molar refractivity (Wildman–Crippen MR) is 130 cm³/mol. The highest BCUT2D eigenvalue weighted by atomic mass is 16.5. The molecule has 0 unspecified atom stereocenters. The number of Topliss-reactive ketones (excluding diaryl/α,β-unsaturated/α-hetero) is 1. The molecule has 1 aliphatic heterocycles. The first-order valence-electron chi connectivity index (χ1n) is 10.9. The fourth-order valence-corrected chi connectivity index (χ4v) is 4.38. The van der Waals surface area contributed by atoms with Crippen molar-refractivity contribution in [2.45, 2.75) is 13.0 Å². The number of rotatable bonds is 5. The van der Waals surface area contributed by atoms with Crippen molar-refractivity contribution in [3.05, 3.63) is 89.2 Å². The summed E-state index contributed by atoms with van der Waals surface area (Å²) in [5.41, 5.74) is 0.774. The number of hydrogen-bond acceptors (Lipinski definition) is 7. The Labute approximate surface area is 201 Å². The van der Waals surface area contributed by atoms with Gasteiger partial charge in [-0.2, -0.15) is 0 Å². The van der Waals surface area contributed by atoms with Crippen LogP contribution in [0.5, 0.6) is 11.5 Å². The minimum absolute atomic E-state index is 0.0857. The average Bonchev–Trinajstić information content (AvgIpc) is 3.42. The molecule has 1 N–H and O–H groups in total. The van der Waals surface area contributed by atoms with E-state index in [2.05, 4.69) is 5.16 Å². The van der Waals surface area contributed by atoms with Crippen LogP contribution in [0.15, 0.2) is 76.8 Å². The second-order valence-corrected chi connectivity index (χ2v) is 8.13. The van der Waals surface area contributed by atoms with Crippen LogP contribution in [0.2, 0.25) is 0 Å². The first-order chi connectivity index (χ1) is 16.9. The lowest BCUT2D eigenvalue weighted by Crippen LogP contribution is -2.30. The molecule has 0 saturated carbocycles. The van der Waals surface area contributed by atoms with Gasteiger partial charge in [-0.15, -0.1) is 0 Å². The fraction of sp³-hybridized carbons (Fsp3) is 0.148. The second-order valence-electron chi connectivity index (χ2n) is 8.13. The smallest absolute Gasteiger partial charge is 0.301 e. The van der Waals surface area contributed by atoms with Crippen molar-refractivity contribution in [3.63, 3.8) is 0 Å². The van der Waals surface area contributed by atoms with Crippen molar-refractivity contribution >= 4 is 34.0 Å². The number of aromatic nitrogens is 1. The molecule has 2 heterocycles. The van der Waals surface area contributed by atoms with E-state index in [4.69, 9.17) is 14.0 Å². The van der Waals surface area contributed by atoms with Crippen molar-refractivity contribution in [3.8, 4) is 11.5 Å². The van der Waals surface area contributed by atoms with Crippen LogP contribution < -0.4 is 14.4 Å². The van der Waals surface area contributed by atoms with Crippen LogP contribution in [0.1, 0.15) is 22.9 Å². The van der Waals surface area contributed by atoms with Gasteiger partial charge >= 0.3 is 5.91 Å². The van der Waals surface area contributed by atoms with Crippen LogP contribution in [0, 0.1) is 6.92 Å². The summed E-state index contributed by atoms with van der Waals surface area (Å²) in [6.07, 6.45) is 0. The molecule has 0 bridgehead atoms. The van der Waals surface area contributed by atoms with E-state index in [-0.39, 0.29) is 17.2 Å². The summed E-state index contributed by atoms with van der Waals surface area (Å²) in [6, 6.07) is 18.6. The van der Waals surface area contributed by atoms with E-state index in [1.165, 1.54) is 19.1 Å². The largest absolute Gasteiger partial charge is 0.507 e. The molecule has 1 fully saturated rings. The van der Waals surface area contributed by atoms with Gasteiger partial charge in [-0.3, -0.25) is 14.5 Å². The van der Waals surface area contributed by atoms with Gasteiger partial charge < -0.3 is 19.1 Å². The number of nitrogens with zero attached hydrogens (tertiary/aromatic N) is 2. The summed E-state index contributed by atoms with van der Waals surface area (Å²) in [5, 5.41) is 17.3. The quantitative estimate of drug-likeness (QED) is 0.254. The molecule has 1 atom stereocenters. The van der Waals surface area contributed by atoms with Crippen LogP contribution in [0.25, 0.3) is 16.5 Å². The number of carbonyl (C=O) groups excluding carboxylic acids is 2. The van der Waals surface area contributed by atoms with E-state index in [9.17, 15) is 14.7 Å². The number of methoxy groups -OCH3 is 2. The standard InChI is InChI=1S/C27H22N2O6/c1-15-12-22(28-35-15)29-24(20-14-19(33-2)10-11-21(20)34-3)23(26(31)27(29)32)25(30)18-9-8-16-6-4-5-7-17(16)13-18/h4-14,24,30H,1-3H3/b25-23+/t24-/m0/s1. The summed E-state index contributed by atoms with van der Waals surface area (Å²) in [7, 11) is 3.00. The van der Waals surface area contributed by atoms with Crippen molar-refractivity contribution in [2.24, 2.45) is 0 Å². The molecule has 3 aromatic carbocycles. The number of aryl methyl sites for hydroxylation is 1. The Morgan fingerprint density at radius 3 is 2.43 bits per heavy atom. The summed E-state index contributed by atoms with van der Waals surface area (Å²) >= 11 is 0. The Morgan fingerprint density at radius 1 is 0.971 bits per heavy atom. The van der Waals surface area contributed by atoms with Crippen LogP contribution >= 0.6 is 0 Å². The lowest BCUT2D eigenvalue weighted by molar-refractivity contribution is -0.132. The maximum Gasteiger partial charge on any atom is 0.301 e. The molecule has 0 spiro atoms. The highest BCUT2D eigenvalue weighted by Crippen LogP contribution is 2.45. The Bertz CT molecular complexity index is 1500. The first-order valence-corrected chi connectivity index (χ1v) is 10.9. The third kappa shape index (κ3) is 3.69. The molecule has 176 valence electrons. The Morgan fingerprint density at radius 2 is 1.74 bits per heavy atom. The van der Waals surface area contributed by atoms with E-state index in [1.54, 1.807) is 43.3 Å². The number of amides is 1. The normalized spacial score (nSPS) is 17.2. The van der Waals surface area contributed by atoms with E-state index >= 15 is 0 Å². The molecule has 0 radical (unpaired) electrons. The monoisotopic (exact) mass is 470 g/mol. The lowest BCUT2D eigenvalue weighted by atomic mass is 9.93. The number of benzene rings is 3. The highest BCUT2D eigenvalue weighted by molar-refractivity contribution is 6.51. The molecule has 0 aliphatic carbocycles. The third-order valence-corrected chi connectivity index (χ3v) is 6.06. The average molecular weight is 470 g/mol. The van der Waals surface area contributed by atoms with Crippen molar-refractivity contribution in [1.82, 2.24) is 5.16 Å². The van der Waals surface area contributed by atoms with Crippen molar-refractivity contribution in [2.75, 3.05) is 19.1 Å². The van der Waals surface area contributed by atoms with Gasteiger partial charge in [0.05, 0.1) is 19.8 Å². The summed E-state index contributed by atoms with van der Waals surface area (Å²) < 4.78 is 16.1. The van der Waals surface area contributed by atoms with Gasteiger partial charge in [-0.05, 0) is 42.0 Å². The molecule has 8 heteroatoms. The Balaban J connectivity index is 1.78. The van der Waals surface area contributed by atoms with Crippen LogP contribution in [0.3, 0.4) is 0 Å². The number of carbonyl (C=O) groups is 2. The van der Waals surface area contributed by atoms with Gasteiger partial charge in [-0.1, -0.05) is 41.6 Å². The second kappa shape index (κ2) is 8.64. The van der Waals surface area contributed by atoms with Gasteiger partial charge in [-0.25, -0.2) is 0 Å². The minimum atomic E-state index is -1.03.